The Hall–Kier alpha value is -2.80. The fraction of sp³-hybridized carbons (Fsp3) is 0.200. The van der Waals surface area contributed by atoms with Crippen LogP contribution < -0.4 is 16.6 Å². The summed E-state index contributed by atoms with van der Waals surface area (Å²) in [5, 5.41) is 14.0. The highest BCUT2D eigenvalue weighted by molar-refractivity contribution is 6.16. The van der Waals surface area contributed by atoms with Gasteiger partial charge in [0, 0.05) is 40.5 Å². The number of hydrogen-bond donors (Lipinski definition) is 5. The highest BCUT2D eigenvalue weighted by Gasteiger charge is 2.19. The third-order valence-corrected chi connectivity index (χ3v) is 3.48. The van der Waals surface area contributed by atoms with Crippen molar-refractivity contribution < 1.29 is 9.90 Å². The summed E-state index contributed by atoms with van der Waals surface area (Å²) in [6.07, 6.45) is 0. The van der Waals surface area contributed by atoms with E-state index in [1.54, 1.807) is 18.2 Å². The van der Waals surface area contributed by atoms with Gasteiger partial charge in [0.25, 0.3) is 0 Å². The van der Waals surface area contributed by atoms with Crippen molar-refractivity contribution in [3.63, 3.8) is 0 Å². The van der Waals surface area contributed by atoms with Crippen molar-refractivity contribution in [3.05, 3.63) is 40.3 Å². The molecule has 0 radical (unpaired) electrons. The molecular weight excluding hydrogens is 284 g/mol. The predicted molar refractivity (Wildman–Crippen MR) is 85.5 cm³/mol. The molecule has 0 bridgehead atoms. The van der Waals surface area contributed by atoms with Crippen molar-refractivity contribution in [2.45, 2.75) is 13.0 Å². The molecule has 1 atom stereocenters. The van der Waals surface area contributed by atoms with Gasteiger partial charge >= 0.3 is 5.97 Å². The molecule has 3 aromatic rings. The number of H-pyrrole nitrogens is 2. The van der Waals surface area contributed by atoms with E-state index in [0.717, 1.165) is 10.8 Å². The van der Waals surface area contributed by atoms with Gasteiger partial charge in [0.2, 0.25) is 5.56 Å². The molecule has 114 valence electrons. The zero-order chi connectivity index (χ0) is 15.9. The van der Waals surface area contributed by atoms with E-state index in [-0.39, 0.29) is 17.3 Å². The zero-order valence-electron chi connectivity index (χ0n) is 11.9. The summed E-state index contributed by atoms with van der Waals surface area (Å²) < 4.78 is 0. The monoisotopic (exact) mass is 300 g/mol. The number of anilines is 1. The van der Waals surface area contributed by atoms with Crippen LogP contribution in [0, 0.1) is 0 Å². The van der Waals surface area contributed by atoms with Crippen LogP contribution in [0.2, 0.25) is 0 Å². The van der Waals surface area contributed by atoms with Gasteiger partial charge in [-0.05, 0) is 25.1 Å². The number of fused-ring (bicyclic) bond motifs is 3. The molecule has 7 nitrogen and oxygen atoms in total. The second-order valence-corrected chi connectivity index (χ2v) is 5.31. The Morgan fingerprint density at radius 2 is 2.00 bits per heavy atom. The normalized spacial score (nSPS) is 12.6. The quantitative estimate of drug-likeness (QED) is 0.499. The molecule has 1 unspecified atom stereocenters. The van der Waals surface area contributed by atoms with Gasteiger partial charge in [-0.15, -0.1) is 0 Å². The summed E-state index contributed by atoms with van der Waals surface area (Å²) in [6.45, 7) is 2.27. The highest BCUT2D eigenvalue weighted by Crippen LogP contribution is 2.33. The zero-order valence-corrected chi connectivity index (χ0v) is 11.9. The first-order chi connectivity index (χ1) is 10.5. The molecule has 22 heavy (non-hydrogen) atoms. The molecule has 0 spiro atoms. The maximum absolute atomic E-state index is 11.5. The first-order valence-corrected chi connectivity index (χ1v) is 6.88. The van der Waals surface area contributed by atoms with E-state index in [2.05, 4.69) is 15.3 Å². The van der Waals surface area contributed by atoms with Crippen LogP contribution in [0.3, 0.4) is 0 Å². The molecule has 2 heterocycles. The Kier molecular flexibility index (Phi) is 3.34. The van der Waals surface area contributed by atoms with Gasteiger partial charge in [0.05, 0.1) is 5.69 Å². The van der Waals surface area contributed by atoms with E-state index in [0.29, 0.717) is 23.3 Å². The predicted octanol–water partition coefficient (Wildman–Crippen LogP) is 1.47. The number of benzene rings is 1. The maximum atomic E-state index is 11.5. The number of pyridine rings is 1. The molecular formula is C15H16N4O3. The summed E-state index contributed by atoms with van der Waals surface area (Å²) >= 11 is 0. The second kappa shape index (κ2) is 5.19. The number of carboxylic acids is 1. The lowest BCUT2D eigenvalue weighted by Gasteiger charge is -2.10. The van der Waals surface area contributed by atoms with Crippen molar-refractivity contribution in [3.8, 4) is 0 Å². The van der Waals surface area contributed by atoms with Gasteiger partial charge in [-0.1, -0.05) is 0 Å². The number of nitrogens with one attached hydrogen (secondary N) is 3. The van der Waals surface area contributed by atoms with Crippen LogP contribution in [-0.4, -0.2) is 33.6 Å². The van der Waals surface area contributed by atoms with Crippen LogP contribution in [-0.2, 0) is 0 Å². The van der Waals surface area contributed by atoms with Crippen LogP contribution in [0.15, 0.2) is 29.1 Å². The SMILES string of the molecule is CC(N)CNc1c(C(=O)O)[nH]c2ccc3[nH]c(=O)ccc3c12. The van der Waals surface area contributed by atoms with Gasteiger partial charge in [0.1, 0.15) is 5.69 Å². The summed E-state index contributed by atoms with van der Waals surface area (Å²) in [5.41, 5.74) is 7.44. The van der Waals surface area contributed by atoms with Gasteiger partial charge in [-0.2, -0.15) is 0 Å². The molecule has 7 heteroatoms. The Morgan fingerprint density at radius 3 is 2.68 bits per heavy atom. The topological polar surface area (TPSA) is 124 Å². The molecule has 0 saturated carbocycles. The minimum Gasteiger partial charge on any atom is -0.477 e. The standard InChI is InChI=1S/C15H16N4O3/c1-7(16)6-17-13-12-8-2-5-11(20)18-9(8)3-4-10(12)19-14(13)15(21)22/h2-5,7,17,19H,6,16H2,1H3,(H,18,20)(H,21,22). The van der Waals surface area contributed by atoms with Crippen LogP contribution >= 0.6 is 0 Å². The fourth-order valence-corrected chi connectivity index (χ4v) is 2.53. The lowest BCUT2D eigenvalue weighted by molar-refractivity contribution is 0.0692. The van der Waals surface area contributed by atoms with E-state index in [4.69, 9.17) is 5.73 Å². The maximum Gasteiger partial charge on any atom is 0.354 e. The molecule has 0 aliphatic carbocycles. The number of hydrogen-bond acceptors (Lipinski definition) is 4. The summed E-state index contributed by atoms with van der Waals surface area (Å²) in [5.74, 6) is -1.05. The molecule has 0 aliphatic heterocycles. The number of aromatic amines is 2. The van der Waals surface area contributed by atoms with Gasteiger partial charge in [0.15, 0.2) is 0 Å². The molecule has 3 rings (SSSR count). The van der Waals surface area contributed by atoms with Crippen LogP contribution in [0.5, 0.6) is 0 Å². The van der Waals surface area contributed by atoms with Crippen LogP contribution in [0.4, 0.5) is 5.69 Å². The fourth-order valence-electron chi connectivity index (χ4n) is 2.53. The Balaban J connectivity index is 2.33. The third kappa shape index (κ3) is 2.31. The lowest BCUT2D eigenvalue weighted by atomic mass is 10.1. The number of aromatic nitrogens is 2. The Labute approximate surface area is 125 Å². The first-order valence-electron chi connectivity index (χ1n) is 6.88. The van der Waals surface area contributed by atoms with Gasteiger partial charge < -0.3 is 26.1 Å². The van der Waals surface area contributed by atoms with Crippen LogP contribution in [0.1, 0.15) is 17.4 Å². The first kappa shape index (κ1) is 14.2. The van der Waals surface area contributed by atoms with Crippen molar-refractivity contribution in [1.82, 2.24) is 9.97 Å². The molecule has 6 N–H and O–H groups in total. The Morgan fingerprint density at radius 1 is 1.27 bits per heavy atom. The smallest absolute Gasteiger partial charge is 0.354 e. The Bertz CT molecular complexity index is 924. The number of carbonyl (C=O) groups is 1. The highest BCUT2D eigenvalue weighted by atomic mass is 16.4. The summed E-state index contributed by atoms with van der Waals surface area (Å²) in [4.78, 5) is 28.6. The van der Waals surface area contributed by atoms with E-state index in [1.807, 2.05) is 6.92 Å². The molecule has 0 fully saturated rings. The summed E-state index contributed by atoms with van der Waals surface area (Å²) in [6, 6.07) is 6.48. The van der Waals surface area contributed by atoms with Crippen molar-refractivity contribution in [1.29, 1.82) is 0 Å². The molecule has 1 aromatic carbocycles. The largest absolute Gasteiger partial charge is 0.477 e. The lowest BCUT2D eigenvalue weighted by Crippen LogP contribution is -2.25. The number of aromatic carboxylic acids is 1. The van der Waals surface area contributed by atoms with E-state index >= 15 is 0 Å². The number of rotatable bonds is 4. The van der Waals surface area contributed by atoms with Crippen molar-refractivity contribution in [2.75, 3.05) is 11.9 Å². The molecule has 2 aromatic heterocycles. The third-order valence-electron chi connectivity index (χ3n) is 3.48. The average Bonchev–Trinajstić information content (AvgIpc) is 2.83. The number of nitrogens with two attached hydrogens (primary N) is 1. The van der Waals surface area contributed by atoms with Gasteiger partial charge in [-0.3, -0.25) is 4.79 Å². The van der Waals surface area contributed by atoms with Gasteiger partial charge in [-0.25, -0.2) is 4.79 Å². The van der Waals surface area contributed by atoms with Crippen molar-refractivity contribution >= 4 is 33.5 Å². The average molecular weight is 300 g/mol. The minimum atomic E-state index is -1.05. The number of carboxylic acid groups (broad SMARTS) is 1. The van der Waals surface area contributed by atoms with E-state index < -0.39 is 5.97 Å². The molecule has 0 aliphatic rings. The molecule has 0 amide bonds. The van der Waals surface area contributed by atoms with Crippen LogP contribution in [0.25, 0.3) is 21.8 Å². The summed E-state index contributed by atoms with van der Waals surface area (Å²) in [7, 11) is 0. The van der Waals surface area contributed by atoms with Crippen molar-refractivity contribution in [2.24, 2.45) is 5.73 Å². The minimum absolute atomic E-state index is 0.0781. The van der Waals surface area contributed by atoms with E-state index in [9.17, 15) is 14.7 Å². The van der Waals surface area contributed by atoms with E-state index in [1.165, 1.54) is 6.07 Å². The molecule has 0 saturated heterocycles. The second-order valence-electron chi connectivity index (χ2n) is 5.31.